The van der Waals surface area contributed by atoms with Crippen molar-refractivity contribution in [1.29, 1.82) is 0 Å². The minimum Gasteiger partial charge on any atom is -0.341 e. The topological polar surface area (TPSA) is 92.1 Å². The maximum atomic E-state index is 13.3. The van der Waals surface area contributed by atoms with E-state index in [2.05, 4.69) is 14.9 Å². The van der Waals surface area contributed by atoms with Crippen molar-refractivity contribution in [2.24, 2.45) is 5.14 Å². The Hall–Kier alpha value is -2.43. The maximum Gasteiger partial charge on any atom is 0.416 e. The number of nitrogens with zero attached hydrogens (tertiary/aromatic N) is 2. The van der Waals surface area contributed by atoms with E-state index in [1.165, 1.54) is 31.2 Å². The van der Waals surface area contributed by atoms with Gasteiger partial charge in [-0.15, -0.1) is 0 Å². The summed E-state index contributed by atoms with van der Waals surface area (Å²) in [4.78, 5) is 9.91. The molecule has 2 aromatic carbocycles. The first-order chi connectivity index (χ1) is 14.5. The van der Waals surface area contributed by atoms with Gasteiger partial charge in [-0.2, -0.15) is 13.2 Å². The van der Waals surface area contributed by atoms with Crippen molar-refractivity contribution in [3.8, 4) is 0 Å². The molecule has 0 saturated carbocycles. The van der Waals surface area contributed by atoms with Crippen molar-refractivity contribution in [3.05, 3.63) is 58.9 Å². The fourth-order valence-corrected chi connectivity index (χ4v) is 4.68. The molecule has 1 atom stereocenters. The van der Waals surface area contributed by atoms with Crippen LogP contribution in [0.5, 0.6) is 0 Å². The van der Waals surface area contributed by atoms with Crippen molar-refractivity contribution < 1.29 is 21.6 Å². The minimum absolute atomic E-state index is 0.00460. The predicted octanol–water partition coefficient (Wildman–Crippen LogP) is 4.26. The standard InChI is InChI=1S/C21H23F3N4O2S/c1-13-5-6-14(10-16(13)21(22,23)24)12-28-9-3-2-4-19(28)20-26-17-8-7-15(31(25,29)30)11-18(17)27-20/h5-8,10-11,19H,2-4,9,12H2,1H3,(H,26,27)(H2,25,29,30). The predicted molar refractivity (Wildman–Crippen MR) is 111 cm³/mol. The van der Waals surface area contributed by atoms with Gasteiger partial charge in [0.2, 0.25) is 10.0 Å². The number of aromatic amines is 1. The Kier molecular flexibility index (Phi) is 5.57. The molecule has 1 saturated heterocycles. The van der Waals surface area contributed by atoms with Gasteiger partial charge in [-0.25, -0.2) is 18.5 Å². The van der Waals surface area contributed by atoms with Crippen molar-refractivity contribution in [2.45, 2.75) is 49.8 Å². The second kappa shape index (κ2) is 7.92. The zero-order chi connectivity index (χ0) is 22.4. The SMILES string of the molecule is Cc1ccc(CN2CCCCC2c2nc3ccc(S(N)(=O)=O)cc3[nH]2)cc1C(F)(F)F. The molecule has 31 heavy (non-hydrogen) atoms. The molecule has 0 radical (unpaired) electrons. The van der Waals surface area contributed by atoms with Crippen LogP contribution in [-0.2, 0) is 22.7 Å². The summed E-state index contributed by atoms with van der Waals surface area (Å²) in [6.45, 7) is 2.56. The number of benzene rings is 2. The van der Waals surface area contributed by atoms with Gasteiger partial charge in [0.25, 0.3) is 0 Å². The summed E-state index contributed by atoms with van der Waals surface area (Å²) in [7, 11) is -3.83. The Balaban J connectivity index is 1.64. The second-order valence-electron chi connectivity index (χ2n) is 7.98. The van der Waals surface area contributed by atoms with Gasteiger partial charge in [0.05, 0.1) is 27.5 Å². The molecule has 3 N–H and O–H groups in total. The van der Waals surface area contributed by atoms with E-state index in [1.807, 2.05) is 0 Å². The van der Waals surface area contributed by atoms with Gasteiger partial charge in [0.1, 0.15) is 5.82 Å². The van der Waals surface area contributed by atoms with Gasteiger partial charge >= 0.3 is 6.18 Å². The number of alkyl halides is 3. The molecule has 10 heteroatoms. The maximum absolute atomic E-state index is 13.3. The van der Waals surface area contributed by atoms with E-state index >= 15 is 0 Å². The summed E-state index contributed by atoms with van der Waals surface area (Å²) in [6.07, 6.45) is -1.66. The lowest BCUT2D eigenvalue weighted by molar-refractivity contribution is -0.138. The number of nitrogens with one attached hydrogen (secondary N) is 1. The number of likely N-dealkylation sites (tertiary alicyclic amines) is 1. The highest BCUT2D eigenvalue weighted by molar-refractivity contribution is 7.89. The van der Waals surface area contributed by atoms with E-state index in [-0.39, 0.29) is 16.5 Å². The average Bonchev–Trinajstić information content (AvgIpc) is 3.11. The number of hydrogen-bond acceptors (Lipinski definition) is 4. The molecule has 166 valence electrons. The lowest BCUT2D eigenvalue weighted by Gasteiger charge is -2.34. The number of fused-ring (bicyclic) bond motifs is 1. The third kappa shape index (κ3) is 4.60. The van der Waals surface area contributed by atoms with Crippen LogP contribution in [0.3, 0.4) is 0 Å². The Bertz CT molecular complexity index is 1220. The van der Waals surface area contributed by atoms with Gasteiger partial charge in [0.15, 0.2) is 0 Å². The number of halogens is 3. The number of H-pyrrole nitrogens is 1. The Morgan fingerprint density at radius 1 is 1.19 bits per heavy atom. The number of aryl methyl sites for hydroxylation is 1. The Morgan fingerprint density at radius 3 is 2.68 bits per heavy atom. The summed E-state index contributed by atoms with van der Waals surface area (Å²) in [5.41, 5.74) is 1.36. The average molecular weight is 453 g/mol. The summed E-state index contributed by atoms with van der Waals surface area (Å²) >= 11 is 0. The fourth-order valence-electron chi connectivity index (χ4n) is 4.14. The van der Waals surface area contributed by atoms with Crippen LogP contribution in [0, 0.1) is 6.92 Å². The number of sulfonamides is 1. The van der Waals surface area contributed by atoms with Crippen LogP contribution < -0.4 is 5.14 Å². The van der Waals surface area contributed by atoms with Crippen molar-refractivity contribution in [3.63, 3.8) is 0 Å². The number of piperidine rings is 1. The van der Waals surface area contributed by atoms with E-state index < -0.39 is 21.8 Å². The molecule has 1 aliphatic heterocycles. The third-order valence-corrected chi connectivity index (χ3v) is 6.63. The van der Waals surface area contributed by atoms with Gasteiger partial charge in [-0.3, -0.25) is 4.90 Å². The molecule has 2 heterocycles. The molecule has 6 nitrogen and oxygen atoms in total. The van der Waals surface area contributed by atoms with Crippen molar-refractivity contribution >= 4 is 21.1 Å². The summed E-state index contributed by atoms with van der Waals surface area (Å²) in [5, 5.41) is 5.21. The lowest BCUT2D eigenvalue weighted by Crippen LogP contribution is -2.33. The molecule has 3 aromatic rings. The normalized spacial score (nSPS) is 18.5. The van der Waals surface area contributed by atoms with Crippen LogP contribution in [0.4, 0.5) is 13.2 Å². The molecule has 0 spiro atoms. The molecule has 1 aromatic heterocycles. The lowest BCUT2D eigenvalue weighted by atomic mass is 9.99. The van der Waals surface area contributed by atoms with E-state index in [0.29, 0.717) is 29.0 Å². The summed E-state index contributed by atoms with van der Waals surface area (Å²) in [6, 6.07) is 8.81. The number of imidazole rings is 1. The number of primary sulfonamides is 1. The summed E-state index contributed by atoms with van der Waals surface area (Å²) < 4.78 is 63.1. The molecule has 1 unspecified atom stereocenters. The smallest absolute Gasteiger partial charge is 0.341 e. The molecule has 0 bridgehead atoms. The first kappa shape index (κ1) is 21.8. The quantitative estimate of drug-likeness (QED) is 0.619. The fraction of sp³-hybridized carbons (Fsp3) is 0.381. The van der Waals surface area contributed by atoms with Gasteiger partial charge in [-0.1, -0.05) is 18.6 Å². The second-order valence-corrected chi connectivity index (χ2v) is 9.54. The van der Waals surface area contributed by atoms with Crippen LogP contribution in [0.15, 0.2) is 41.3 Å². The van der Waals surface area contributed by atoms with Crippen LogP contribution in [0.1, 0.15) is 47.8 Å². The van der Waals surface area contributed by atoms with E-state index in [4.69, 9.17) is 5.14 Å². The Morgan fingerprint density at radius 2 is 1.97 bits per heavy atom. The molecule has 0 amide bonds. The van der Waals surface area contributed by atoms with Crippen molar-refractivity contribution in [1.82, 2.24) is 14.9 Å². The van der Waals surface area contributed by atoms with E-state index in [1.54, 1.807) is 12.1 Å². The molecular formula is C21H23F3N4O2S. The first-order valence-electron chi connectivity index (χ1n) is 9.95. The van der Waals surface area contributed by atoms with Gasteiger partial charge < -0.3 is 4.98 Å². The van der Waals surface area contributed by atoms with Gasteiger partial charge in [0, 0.05) is 6.54 Å². The Labute approximate surface area is 178 Å². The zero-order valence-electron chi connectivity index (χ0n) is 16.9. The van der Waals surface area contributed by atoms with E-state index in [0.717, 1.165) is 25.8 Å². The monoisotopic (exact) mass is 452 g/mol. The van der Waals surface area contributed by atoms with Crippen LogP contribution in [0.25, 0.3) is 11.0 Å². The molecule has 4 rings (SSSR count). The zero-order valence-corrected chi connectivity index (χ0v) is 17.7. The first-order valence-corrected chi connectivity index (χ1v) is 11.5. The van der Waals surface area contributed by atoms with Crippen LogP contribution >= 0.6 is 0 Å². The highest BCUT2D eigenvalue weighted by atomic mass is 32.2. The largest absolute Gasteiger partial charge is 0.416 e. The summed E-state index contributed by atoms with van der Waals surface area (Å²) in [5.74, 6) is 0.671. The molecule has 0 aliphatic carbocycles. The number of rotatable bonds is 4. The third-order valence-electron chi connectivity index (χ3n) is 5.72. The van der Waals surface area contributed by atoms with Crippen LogP contribution in [0.2, 0.25) is 0 Å². The highest BCUT2D eigenvalue weighted by Crippen LogP contribution is 2.35. The van der Waals surface area contributed by atoms with Crippen LogP contribution in [-0.4, -0.2) is 29.8 Å². The molecular weight excluding hydrogens is 429 g/mol. The number of hydrogen-bond donors (Lipinski definition) is 2. The van der Waals surface area contributed by atoms with E-state index in [9.17, 15) is 21.6 Å². The highest BCUT2D eigenvalue weighted by Gasteiger charge is 2.33. The number of nitrogens with two attached hydrogens (primary N) is 1. The number of aromatic nitrogens is 2. The minimum atomic E-state index is -4.39. The molecule has 1 fully saturated rings. The molecule has 1 aliphatic rings. The van der Waals surface area contributed by atoms with Crippen molar-refractivity contribution in [2.75, 3.05) is 6.54 Å². The van der Waals surface area contributed by atoms with Gasteiger partial charge in [-0.05, 0) is 61.7 Å².